The molecule has 0 unspecified atom stereocenters. The van der Waals surface area contributed by atoms with Gasteiger partial charge in [-0.15, -0.1) is 17.9 Å². The van der Waals surface area contributed by atoms with Crippen molar-refractivity contribution in [3.8, 4) is 17.1 Å². The molecule has 0 saturated carbocycles. The predicted octanol–water partition coefficient (Wildman–Crippen LogP) is 3.61. The predicted molar refractivity (Wildman–Crippen MR) is 93.3 cm³/mol. The van der Waals surface area contributed by atoms with Gasteiger partial charge in [-0.2, -0.15) is 0 Å². The number of thiophene rings is 1. The van der Waals surface area contributed by atoms with Crippen molar-refractivity contribution in [1.29, 1.82) is 0 Å². The third-order valence-corrected chi connectivity index (χ3v) is 5.19. The number of nitrogens with one attached hydrogen (secondary N) is 1. The highest BCUT2D eigenvalue weighted by Gasteiger charge is 2.21. The molecule has 0 spiro atoms. The van der Waals surface area contributed by atoms with E-state index in [1.165, 1.54) is 29.5 Å². The zero-order valence-corrected chi connectivity index (χ0v) is 14.2. The Bertz CT molecular complexity index is 751. The number of aryl methyl sites for hydroxylation is 1. The Morgan fingerprint density at radius 3 is 3.04 bits per heavy atom. The van der Waals surface area contributed by atoms with E-state index in [0.717, 1.165) is 18.5 Å². The summed E-state index contributed by atoms with van der Waals surface area (Å²) in [6.45, 7) is 5.54. The molecule has 1 N–H and O–H groups in total. The van der Waals surface area contributed by atoms with E-state index >= 15 is 0 Å². The lowest BCUT2D eigenvalue weighted by atomic mass is 10.1. The number of methoxy groups -OCH3 is 1. The average molecular weight is 328 g/mol. The van der Waals surface area contributed by atoms with Gasteiger partial charge < -0.3 is 10.1 Å². The van der Waals surface area contributed by atoms with E-state index in [1.54, 1.807) is 23.5 Å². The van der Waals surface area contributed by atoms with Crippen molar-refractivity contribution in [3.63, 3.8) is 0 Å². The minimum atomic E-state index is -0.205. The number of fused-ring (bicyclic) bond motifs is 1. The van der Waals surface area contributed by atoms with E-state index < -0.39 is 0 Å². The highest BCUT2D eigenvalue weighted by atomic mass is 32.1. The van der Waals surface area contributed by atoms with Crippen molar-refractivity contribution in [2.24, 2.45) is 0 Å². The second-order valence-electron chi connectivity index (χ2n) is 5.66. The zero-order valence-electron chi connectivity index (χ0n) is 13.4. The van der Waals surface area contributed by atoms with Crippen molar-refractivity contribution in [2.45, 2.75) is 32.2 Å². The maximum atomic E-state index is 12.3. The molecule has 0 aromatic carbocycles. The van der Waals surface area contributed by atoms with Crippen LogP contribution in [0.5, 0.6) is 5.88 Å². The molecule has 0 bridgehead atoms. The monoisotopic (exact) mass is 328 g/mol. The molecule has 4 nitrogen and oxygen atoms in total. The van der Waals surface area contributed by atoms with Gasteiger partial charge >= 0.3 is 0 Å². The fraction of sp³-hybridized carbons (Fsp3) is 0.333. The van der Waals surface area contributed by atoms with Gasteiger partial charge in [0, 0.05) is 21.9 Å². The van der Waals surface area contributed by atoms with Gasteiger partial charge in [0.15, 0.2) is 0 Å². The van der Waals surface area contributed by atoms with Gasteiger partial charge in [0.05, 0.1) is 12.8 Å². The lowest BCUT2D eigenvalue weighted by Crippen LogP contribution is -2.31. The summed E-state index contributed by atoms with van der Waals surface area (Å²) in [6.07, 6.45) is 5.17. The Balaban J connectivity index is 1.93. The molecule has 0 saturated heterocycles. The molecular weight excluding hydrogens is 308 g/mol. The molecule has 3 rings (SSSR count). The first-order valence-corrected chi connectivity index (χ1v) is 8.60. The molecule has 0 radical (unpaired) electrons. The van der Waals surface area contributed by atoms with Crippen LogP contribution in [-0.2, 0) is 12.8 Å². The number of pyridine rings is 1. The van der Waals surface area contributed by atoms with Gasteiger partial charge in [0.2, 0.25) is 5.88 Å². The van der Waals surface area contributed by atoms with Crippen LogP contribution in [0.15, 0.2) is 30.2 Å². The summed E-state index contributed by atoms with van der Waals surface area (Å²) in [6, 6.07) is 3.58. The SMILES string of the molecule is C=C[C@H](C)NC(=O)c1ccc(-c2csc3c2CCC3)nc1OC. The first kappa shape index (κ1) is 15.7. The number of carbonyl (C=O) groups excluding carboxylic acids is 1. The van der Waals surface area contributed by atoms with Gasteiger partial charge in [-0.3, -0.25) is 4.79 Å². The smallest absolute Gasteiger partial charge is 0.257 e. The van der Waals surface area contributed by atoms with Gasteiger partial charge in [-0.05, 0) is 43.9 Å². The van der Waals surface area contributed by atoms with E-state index in [-0.39, 0.29) is 11.9 Å². The highest BCUT2D eigenvalue weighted by Crippen LogP contribution is 2.37. The lowest BCUT2D eigenvalue weighted by Gasteiger charge is -2.12. The molecule has 0 fully saturated rings. The van der Waals surface area contributed by atoms with Crippen molar-refractivity contribution < 1.29 is 9.53 Å². The van der Waals surface area contributed by atoms with Gasteiger partial charge in [0.25, 0.3) is 5.91 Å². The second-order valence-corrected chi connectivity index (χ2v) is 6.62. The number of rotatable bonds is 5. The Labute approximate surface area is 140 Å². The first-order chi connectivity index (χ1) is 11.1. The van der Waals surface area contributed by atoms with Crippen LogP contribution < -0.4 is 10.1 Å². The van der Waals surface area contributed by atoms with Crippen LogP contribution in [0.1, 0.15) is 34.1 Å². The van der Waals surface area contributed by atoms with Crippen LogP contribution in [0.4, 0.5) is 0 Å². The fourth-order valence-corrected chi connectivity index (χ4v) is 3.95. The van der Waals surface area contributed by atoms with Crippen molar-refractivity contribution in [1.82, 2.24) is 10.3 Å². The fourth-order valence-electron chi connectivity index (χ4n) is 2.81. The van der Waals surface area contributed by atoms with Crippen molar-refractivity contribution >= 4 is 17.2 Å². The average Bonchev–Trinajstić information content (AvgIpc) is 3.17. The largest absolute Gasteiger partial charge is 0.480 e. The van der Waals surface area contributed by atoms with E-state index in [1.807, 2.05) is 13.0 Å². The van der Waals surface area contributed by atoms with E-state index in [9.17, 15) is 4.79 Å². The lowest BCUT2D eigenvalue weighted by molar-refractivity contribution is 0.0943. The molecule has 120 valence electrons. The zero-order chi connectivity index (χ0) is 16.4. The van der Waals surface area contributed by atoms with E-state index in [2.05, 4.69) is 22.3 Å². The van der Waals surface area contributed by atoms with Crippen molar-refractivity contribution in [2.75, 3.05) is 7.11 Å². The Kier molecular flexibility index (Phi) is 4.48. The van der Waals surface area contributed by atoms with Crippen LogP contribution in [0, 0.1) is 0 Å². The molecule has 1 aliphatic rings. The summed E-state index contributed by atoms with van der Waals surface area (Å²) in [5.74, 6) is 0.151. The molecule has 2 heterocycles. The summed E-state index contributed by atoms with van der Waals surface area (Å²) >= 11 is 1.80. The van der Waals surface area contributed by atoms with Crippen molar-refractivity contribution in [3.05, 3.63) is 46.2 Å². The van der Waals surface area contributed by atoms with Crippen LogP contribution in [0.3, 0.4) is 0 Å². The third-order valence-electron chi connectivity index (χ3n) is 4.10. The van der Waals surface area contributed by atoms with E-state index in [0.29, 0.717) is 11.4 Å². The quantitative estimate of drug-likeness (QED) is 0.853. The summed E-state index contributed by atoms with van der Waals surface area (Å²) in [5, 5.41) is 5.00. The van der Waals surface area contributed by atoms with E-state index in [4.69, 9.17) is 4.74 Å². The summed E-state index contributed by atoms with van der Waals surface area (Å²) in [4.78, 5) is 18.3. The molecule has 1 aliphatic carbocycles. The molecule has 1 amide bonds. The Hall–Kier alpha value is -2.14. The Morgan fingerprint density at radius 2 is 2.30 bits per heavy atom. The highest BCUT2D eigenvalue weighted by molar-refractivity contribution is 7.10. The number of ether oxygens (including phenoxy) is 1. The molecule has 23 heavy (non-hydrogen) atoms. The molecule has 0 aliphatic heterocycles. The summed E-state index contributed by atoms with van der Waals surface area (Å²) < 4.78 is 5.35. The Morgan fingerprint density at radius 1 is 1.48 bits per heavy atom. The number of carbonyl (C=O) groups is 1. The number of aromatic nitrogens is 1. The molecule has 1 atom stereocenters. The van der Waals surface area contributed by atoms with Gasteiger partial charge in [0.1, 0.15) is 5.56 Å². The first-order valence-electron chi connectivity index (χ1n) is 7.72. The molecule has 2 aromatic rings. The maximum Gasteiger partial charge on any atom is 0.257 e. The topological polar surface area (TPSA) is 51.2 Å². The number of hydrogen-bond donors (Lipinski definition) is 1. The third kappa shape index (κ3) is 3.01. The van der Waals surface area contributed by atoms with Crippen LogP contribution >= 0.6 is 11.3 Å². The second kappa shape index (κ2) is 6.54. The molecular formula is C18H20N2O2S. The number of amides is 1. The maximum absolute atomic E-state index is 12.3. The van der Waals surface area contributed by atoms with Crippen LogP contribution in [0.2, 0.25) is 0 Å². The number of hydrogen-bond acceptors (Lipinski definition) is 4. The summed E-state index contributed by atoms with van der Waals surface area (Å²) in [7, 11) is 1.54. The normalized spacial score (nSPS) is 14.2. The molecule has 5 heteroatoms. The van der Waals surface area contributed by atoms with Gasteiger partial charge in [-0.1, -0.05) is 6.08 Å². The van der Waals surface area contributed by atoms with Crippen LogP contribution in [0.25, 0.3) is 11.3 Å². The minimum absolute atomic E-state index is 0.105. The van der Waals surface area contributed by atoms with Crippen LogP contribution in [-0.4, -0.2) is 24.0 Å². The minimum Gasteiger partial charge on any atom is -0.480 e. The standard InChI is InChI=1S/C18H20N2O2S/c1-4-11(2)19-17(21)13-8-9-15(20-18(13)22-3)14-10-23-16-7-5-6-12(14)16/h4,8-11H,1,5-7H2,2-3H3,(H,19,21)/t11-/m0/s1. The number of nitrogens with zero attached hydrogens (tertiary/aromatic N) is 1. The molecule has 2 aromatic heterocycles. The summed E-state index contributed by atoms with van der Waals surface area (Å²) in [5.41, 5.74) is 3.89. The van der Waals surface area contributed by atoms with Gasteiger partial charge in [-0.25, -0.2) is 4.98 Å².